The third-order valence-corrected chi connectivity index (χ3v) is 2.85. The molecule has 0 fully saturated rings. The number of carbonyl (C=O) groups is 1. The fourth-order valence-electron chi connectivity index (χ4n) is 1.51. The first-order valence-electron chi connectivity index (χ1n) is 5.40. The van der Waals surface area contributed by atoms with Crippen molar-refractivity contribution in [2.45, 2.75) is 0 Å². The van der Waals surface area contributed by atoms with Gasteiger partial charge in [-0.2, -0.15) is 0 Å². The van der Waals surface area contributed by atoms with Crippen LogP contribution in [-0.4, -0.2) is 5.91 Å². The summed E-state index contributed by atoms with van der Waals surface area (Å²) in [5, 5.41) is 1.47. The first kappa shape index (κ1) is 15.2. The molecule has 0 atom stereocenters. The van der Waals surface area contributed by atoms with Crippen molar-refractivity contribution >= 4 is 23.2 Å². The second kappa shape index (κ2) is 5.69. The van der Waals surface area contributed by atoms with E-state index in [0.717, 1.165) is 6.07 Å². The minimum Gasteiger partial charge on any atom is -0.319 e. The van der Waals surface area contributed by atoms with Crippen LogP contribution in [0.2, 0.25) is 5.02 Å². The van der Waals surface area contributed by atoms with Crippen molar-refractivity contribution in [3.05, 3.63) is 63.9 Å². The summed E-state index contributed by atoms with van der Waals surface area (Å²) in [7, 11) is 0. The molecule has 110 valence electrons. The molecule has 0 aliphatic heterocycles. The molecule has 2 aromatic carbocycles. The number of benzene rings is 2. The van der Waals surface area contributed by atoms with Gasteiger partial charge >= 0.3 is 0 Å². The molecule has 2 nitrogen and oxygen atoms in total. The molecule has 8 heteroatoms. The summed E-state index contributed by atoms with van der Waals surface area (Å²) in [4.78, 5) is 11.8. The van der Waals surface area contributed by atoms with E-state index in [4.69, 9.17) is 11.6 Å². The number of rotatable bonds is 2. The first-order chi connectivity index (χ1) is 9.81. The molecule has 0 aliphatic rings. The van der Waals surface area contributed by atoms with Crippen LogP contribution in [0.4, 0.5) is 27.6 Å². The molecule has 0 aromatic heterocycles. The zero-order valence-corrected chi connectivity index (χ0v) is 10.7. The van der Waals surface area contributed by atoms with Crippen LogP contribution < -0.4 is 5.32 Å². The molecule has 2 aromatic rings. The second-order valence-electron chi connectivity index (χ2n) is 3.92. The van der Waals surface area contributed by atoms with Gasteiger partial charge in [0.15, 0.2) is 29.1 Å². The van der Waals surface area contributed by atoms with Gasteiger partial charge in [0.1, 0.15) is 0 Å². The Morgan fingerprint density at radius 2 is 1.52 bits per heavy atom. The minimum atomic E-state index is -1.77. The minimum absolute atomic E-state index is 0.422. The zero-order valence-electron chi connectivity index (χ0n) is 9.99. The lowest BCUT2D eigenvalue weighted by molar-refractivity contribution is 0.102. The van der Waals surface area contributed by atoms with Crippen LogP contribution >= 0.6 is 11.6 Å². The molecule has 0 saturated carbocycles. The molecular weight excluding hydrogens is 317 g/mol. The van der Waals surface area contributed by atoms with Gasteiger partial charge in [-0.15, -0.1) is 0 Å². The van der Waals surface area contributed by atoms with Gasteiger partial charge in [-0.05, 0) is 24.3 Å². The quantitative estimate of drug-likeness (QED) is 0.499. The number of nitrogens with one attached hydrogen (secondary N) is 1. The largest absolute Gasteiger partial charge is 0.319 e. The summed E-state index contributed by atoms with van der Waals surface area (Å²) in [5.41, 5.74) is -1.15. The number of carbonyl (C=O) groups excluding carboxylic acids is 1. The number of hydrogen-bond donors (Lipinski definition) is 1. The van der Waals surface area contributed by atoms with Crippen molar-refractivity contribution in [2.75, 3.05) is 5.32 Å². The van der Waals surface area contributed by atoms with E-state index in [2.05, 4.69) is 0 Å². The van der Waals surface area contributed by atoms with Crippen molar-refractivity contribution in [1.29, 1.82) is 0 Å². The highest BCUT2D eigenvalue weighted by Gasteiger charge is 2.19. The average molecular weight is 322 g/mol. The topological polar surface area (TPSA) is 29.1 Å². The predicted octanol–water partition coefficient (Wildman–Crippen LogP) is 4.29. The molecule has 0 aliphatic carbocycles. The van der Waals surface area contributed by atoms with Crippen molar-refractivity contribution in [3.8, 4) is 0 Å². The molecule has 0 unspecified atom stereocenters. The maximum Gasteiger partial charge on any atom is 0.257 e. The van der Waals surface area contributed by atoms with Crippen LogP contribution in [0.1, 0.15) is 10.4 Å². The summed E-state index contributed by atoms with van der Waals surface area (Å²) < 4.78 is 65.1. The molecule has 0 bridgehead atoms. The molecule has 2 rings (SSSR count). The Bertz CT molecular complexity index is 735. The van der Waals surface area contributed by atoms with E-state index < -0.39 is 51.3 Å². The molecule has 0 heterocycles. The SMILES string of the molecule is O=C(Nc1ccc(F)c(F)c1F)c1cc(F)c(F)cc1Cl. The van der Waals surface area contributed by atoms with Crippen LogP contribution in [0.25, 0.3) is 0 Å². The number of hydrogen-bond acceptors (Lipinski definition) is 1. The normalized spacial score (nSPS) is 10.6. The Labute approximate surface area is 120 Å². The van der Waals surface area contributed by atoms with Gasteiger partial charge < -0.3 is 5.32 Å². The van der Waals surface area contributed by atoms with Crippen LogP contribution in [-0.2, 0) is 0 Å². The maximum absolute atomic E-state index is 13.4. The lowest BCUT2D eigenvalue weighted by Gasteiger charge is -2.09. The van der Waals surface area contributed by atoms with Crippen molar-refractivity contribution in [3.63, 3.8) is 0 Å². The molecule has 21 heavy (non-hydrogen) atoms. The summed E-state index contributed by atoms with van der Waals surface area (Å²) in [6, 6.07) is 2.44. The molecule has 0 saturated heterocycles. The highest BCUT2D eigenvalue weighted by Crippen LogP contribution is 2.24. The smallest absolute Gasteiger partial charge is 0.257 e. The van der Waals surface area contributed by atoms with Crippen LogP contribution in [0.3, 0.4) is 0 Å². The van der Waals surface area contributed by atoms with E-state index in [1.165, 1.54) is 0 Å². The summed E-state index contributed by atoms with van der Waals surface area (Å²) in [6.45, 7) is 0. The van der Waals surface area contributed by atoms with Crippen LogP contribution in [0.5, 0.6) is 0 Å². The lowest BCUT2D eigenvalue weighted by atomic mass is 10.2. The average Bonchev–Trinajstić information content (AvgIpc) is 2.43. The maximum atomic E-state index is 13.4. The van der Waals surface area contributed by atoms with Crippen molar-refractivity contribution in [2.24, 2.45) is 0 Å². The lowest BCUT2D eigenvalue weighted by Crippen LogP contribution is -2.15. The zero-order chi connectivity index (χ0) is 15.7. The van der Waals surface area contributed by atoms with E-state index in [9.17, 15) is 26.7 Å². The molecule has 1 N–H and O–H groups in total. The van der Waals surface area contributed by atoms with Gasteiger partial charge in [0, 0.05) is 0 Å². The van der Waals surface area contributed by atoms with Gasteiger partial charge in [0.05, 0.1) is 16.3 Å². The number of anilines is 1. The van der Waals surface area contributed by atoms with E-state index in [-0.39, 0.29) is 0 Å². The first-order valence-corrected chi connectivity index (χ1v) is 5.78. The van der Waals surface area contributed by atoms with Gasteiger partial charge in [0.2, 0.25) is 0 Å². The molecule has 0 spiro atoms. The van der Waals surface area contributed by atoms with E-state index in [1.54, 1.807) is 0 Å². The molecular formula is C13H5ClF5NO. The third-order valence-electron chi connectivity index (χ3n) is 2.54. The molecule has 0 radical (unpaired) electrons. The standard InChI is InChI=1S/C13H5ClF5NO/c14-6-4-9(17)8(16)3-5(6)13(21)20-10-2-1-7(15)11(18)12(10)19/h1-4H,(H,20,21). The highest BCUT2D eigenvalue weighted by molar-refractivity contribution is 6.34. The Morgan fingerprint density at radius 1 is 0.905 bits per heavy atom. The Hall–Kier alpha value is -2.15. The second-order valence-corrected chi connectivity index (χ2v) is 4.33. The Kier molecular flexibility index (Phi) is 4.13. The number of halogens is 6. The van der Waals surface area contributed by atoms with Gasteiger partial charge in [-0.3, -0.25) is 4.79 Å². The Morgan fingerprint density at radius 3 is 2.19 bits per heavy atom. The van der Waals surface area contributed by atoms with E-state index in [0.29, 0.717) is 18.2 Å². The summed E-state index contributed by atoms with van der Waals surface area (Å²) in [6.07, 6.45) is 0. The third kappa shape index (κ3) is 2.97. The monoisotopic (exact) mass is 321 g/mol. The summed E-state index contributed by atoms with van der Waals surface area (Å²) in [5.74, 6) is -8.54. The van der Waals surface area contributed by atoms with Crippen LogP contribution in [0, 0.1) is 29.1 Å². The van der Waals surface area contributed by atoms with E-state index in [1.807, 2.05) is 5.32 Å². The summed E-state index contributed by atoms with van der Waals surface area (Å²) >= 11 is 5.56. The fraction of sp³-hybridized carbons (Fsp3) is 0. The van der Waals surface area contributed by atoms with E-state index >= 15 is 0 Å². The van der Waals surface area contributed by atoms with Gasteiger partial charge in [-0.1, -0.05) is 11.6 Å². The highest BCUT2D eigenvalue weighted by atomic mass is 35.5. The predicted molar refractivity (Wildman–Crippen MR) is 65.6 cm³/mol. The molecule has 1 amide bonds. The van der Waals surface area contributed by atoms with Crippen LogP contribution in [0.15, 0.2) is 24.3 Å². The Balaban J connectivity index is 2.35. The van der Waals surface area contributed by atoms with Gasteiger partial charge in [-0.25, -0.2) is 22.0 Å². The van der Waals surface area contributed by atoms with Crippen molar-refractivity contribution in [1.82, 2.24) is 0 Å². The fourth-order valence-corrected chi connectivity index (χ4v) is 1.74. The van der Waals surface area contributed by atoms with Crippen molar-refractivity contribution < 1.29 is 26.7 Å². The number of amides is 1. The van der Waals surface area contributed by atoms with Gasteiger partial charge in [0.25, 0.3) is 5.91 Å².